The number of aliphatic carboxylic acids is 1. The van der Waals surface area contributed by atoms with Crippen molar-refractivity contribution >= 4 is 29.6 Å². The Hall–Kier alpha value is -1.81. The normalized spacial score (nSPS) is 10.5. The van der Waals surface area contributed by atoms with Crippen LogP contribution in [0.4, 0.5) is 0 Å². The predicted octanol–water partition coefficient (Wildman–Crippen LogP) is 1.90. The number of carboxylic acid groups (broad SMARTS) is 1. The number of likely N-dealkylation sites (N-methyl/N-ethyl adjacent to an activating group) is 1. The summed E-state index contributed by atoms with van der Waals surface area (Å²) in [7, 11) is 1.43. The fourth-order valence-corrected chi connectivity index (χ4v) is 1.38. The summed E-state index contributed by atoms with van der Waals surface area (Å²) in [5.41, 5.74) is 0.787. The number of carbonyl (C=O) groups is 2. The minimum absolute atomic E-state index is 0.321. The molecular formula is C12H12ClNO3. The van der Waals surface area contributed by atoms with Crippen molar-refractivity contribution in [2.75, 3.05) is 13.6 Å². The van der Waals surface area contributed by atoms with E-state index in [-0.39, 0.29) is 12.5 Å². The van der Waals surface area contributed by atoms with Crippen LogP contribution in [0, 0.1) is 0 Å². The molecule has 0 saturated heterocycles. The molecule has 0 fully saturated rings. The van der Waals surface area contributed by atoms with Gasteiger partial charge in [0.05, 0.1) is 0 Å². The van der Waals surface area contributed by atoms with Crippen LogP contribution < -0.4 is 0 Å². The second-order valence-corrected chi connectivity index (χ2v) is 3.91. The highest BCUT2D eigenvalue weighted by atomic mass is 35.5. The molecule has 0 heterocycles. The van der Waals surface area contributed by atoms with Gasteiger partial charge < -0.3 is 10.0 Å². The molecule has 1 aromatic rings. The molecule has 0 radical (unpaired) electrons. The molecule has 1 aromatic carbocycles. The van der Waals surface area contributed by atoms with E-state index in [1.165, 1.54) is 13.1 Å². The maximum atomic E-state index is 11.5. The number of hydrogen-bond acceptors (Lipinski definition) is 2. The molecule has 1 N–H and O–H groups in total. The number of benzene rings is 1. The molecule has 0 spiro atoms. The van der Waals surface area contributed by atoms with E-state index in [0.717, 1.165) is 10.5 Å². The topological polar surface area (TPSA) is 57.6 Å². The molecular weight excluding hydrogens is 242 g/mol. The first-order valence-corrected chi connectivity index (χ1v) is 5.27. The van der Waals surface area contributed by atoms with E-state index < -0.39 is 5.97 Å². The largest absolute Gasteiger partial charge is 0.480 e. The Labute approximate surface area is 104 Å². The number of nitrogens with zero attached hydrogens (tertiary/aromatic N) is 1. The third-order valence-corrected chi connectivity index (χ3v) is 2.25. The lowest BCUT2D eigenvalue weighted by Gasteiger charge is -2.11. The molecule has 1 amide bonds. The van der Waals surface area contributed by atoms with E-state index in [1.54, 1.807) is 30.3 Å². The molecule has 0 atom stereocenters. The van der Waals surface area contributed by atoms with Gasteiger partial charge in [-0.05, 0) is 23.8 Å². The summed E-state index contributed by atoms with van der Waals surface area (Å²) in [5.74, 6) is -1.41. The van der Waals surface area contributed by atoms with Crippen molar-refractivity contribution in [3.8, 4) is 0 Å². The van der Waals surface area contributed by atoms with Crippen molar-refractivity contribution in [1.29, 1.82) is 0 Å². The van der Waals surface area contributed by atoms with E-state index in [1.807, 2.05) is 0 Å². The zero-order chi connectivity index (χ0) is 12.8. The first-order chi connectivity index (χ1) is 7.99. The van der Waals surface area contributed by atoms with Crippen LogP contribution in [0.3, 0.4) is 0 Å². The standard InChI is InChI=1S/C12H12ClNO3/c1-14(8-12(16)17)11(15)6-5-9-3-2-4-10(13)7-9/h2-7H,8H2,1H3,(H,16,17)/b6-5+. The molecule has 0 unspecified atom stereocenters. The average Bonchev–Trinajstić information content (AvgIpc) is 2.25. The van der Waals surface area contributed by atoms with E-state index in [4.69, 9.17) is 16.7 Å². The summed E-state index contributed by atoms with van der Waals surface area (Å²) in [6.07, 6.45) is 2.90. The van der Waals surface area contributed by atoms with Crippen LogP contribution in [-0.2, 0) is 9.59 Å². The van der Waals surface area contributed by atoms with Crippen molar-refractivity contribution in [2.45, 2.75) is 0 Å². The van der Waals surface area contributed by atoms with Gasteiger partial charge in [-0.15, -0.1) is 0 Å². The second kappa shape index (κ2) is 6.06. The summed E-state index contributed by atoms with van der Waals surface area (Å²) in [4.78, 5) is 23.0. The first kappa shape index (κ1) is 13.3. The van der Waals surface area contributed by atoms with E-state index in [2.05, 4.69) is 0 Å². The number of halogens is 1. The van der Waals surface area contributed by atoms with Gasteiger partial charge in [0.1, 0.15) is 6.54 Å². The fourth-order valence-electron chi connectivity index (χ4n) is 1.19. The minimum Gasteiger partial charge on any atom is -0.480 e. The van der Waals surface area contributed by atoms with Gasteiger partial charge in [-0.1, -0.05) is 23.7 Å². The molecule has 17 heavy (non-hydrogen) atoms. The third-order valence-electron chi connectivity index (χ3n) is 2.02. The zero-order valence-corrected chi connectivity index (χ0v) is 10.0. The van der Waals surface area contributed by atoms with Crippen molar-refractivity contribution in [2.24, 2.45) is 0 Å². The Kier molecular flexibility index (Phi) is 4.72. The fraction of sp³-hybridized carbons (Fsp3) is 0.167. The Morgan fingerprint density at radius 1 is 1.47 bits per heavy atom. The van der Waals surface area contributed by atoms with Crippen molar-refractivity contribution in [1.82, 2.24) is 4.90 Å². The Bertz CT molecular complexity index is 457. The highest BCUT2D eigenvalue weighted by Gasteiger charge is 2.08. The summed E-state index contributed by atoms with van der Waals surface area (Å²) >= 11 is 5.78. The molecule has 0 saturated carbocycles. The first-order valence-electron chi connectivity index (χ1n) is 4.89. The van der Waals surface area contributed by atoms with Gasteiger partial charge in [0, 0.05) is 18.1 Å². The van der Waals surface area contributed by atoms with Gasteiger partial charge in [-0.25, -0.2) is 0 Å². The van der Waals surface area contributed by atoms with Crippen LogP contribution in [-0.4, -0.2) is 35.5 Å². The highest BCUT2D eigenvalue weighted by molar-refractivity contribution is 6.30. The second-order valence-electron chi connectivity index (χ2n) is 3.48. The molecule has 1 rings (SSSR count). The van der Waals surface area contributed by atoms with Gasteiger partial charge in [-0.3, -0.25) is 9.59 Å². The van der Waals surface area contributed by atoms with Crippen molar-refractivity contribution in [3.63, 3.8) is 0 Å². The summed E-state index contributed by atoms with van der Waals surface area (Å²) in [5, 5.41) is 9.10. The summed E-state index contributed by atoms with van der Waals surface area (Å²) < 4.78 is 0. The molecule has 5 heteroatoms. The zero-order valence-electron chi connectivity index (χ0n) is 9.26. The smallest absolute Gasteiger partial charge is 0.323 e. The number of carboxylic acids is 1. The lowest BCUT2D eigenvalue weighted by Crippen LogP contribution is -2.30. The average molecular weight is 254 g/mol. The molecule has 4 nitrogen and oxygen atoms in total. The van der Waals surface area contributed by atoms with Crippen LogP contribution in [0.15, 0.2) is 30.3 Å². The van der Waals surface area contributed by atoms with Gasteiger partial charge in [-0.2, -0.15) is 0 Å². The van der Waals surface area contributed by atoms with Crippen molar-refractivity contribution in [3.05, 3.63) is 40.9 Å². The molecule has 0 aliphatic rings. The maximum Gasteiger partial charge on any atom is 0.323 e. The maximum absolute atomic E-state index is 11.5. The Balaban J connectivity index is 2.65. The van der Waals surface area contributed by atoms with Crippen LogP contribution >= 0.6 is 11.6 Å². The predicted molar refractivity (Wildman–Crippen MR) is 65.8 cm³/mol. The Morgan fingerprint density at radius 3 is 2.76 bits per heavy atom. The van der Waals surface area contributed by atoms with Crippen LogP contribution in [0.2, 0.25) is 5.02 Å². The Morgan fingerprint density at radius 2 is 2.18 bits per heavy atom. The van der Waals surface area contributed by atoms with E-state index in [0.29, 0.717) is 5.02 Å². The van der Waals surface area contributed by atoms with Gasteiger partial charge in [0.25, 0.3) is 0 Å². The van der Waals surface area contributed by atoms with E-state index >= 15 is 0 Å². The lowest BCUT2D eigenvalue weighted by atomic mass is 10.2. The minimum atomic E-state index is -1.04. The third kappa shape index (κ3) is 4.70. The molecule has 90 valence electrons. The van der Waals surface area contributed by atoms with E-state index in [9.17, 15) is 9.59 Å². The van der Waals surface area contributed by atoms with Gasteiger partial charge >= 0.3 is 5.97 Å². The molecule has 0 aromatic heterocycles. The molecule has 0 aliphatic heterocycles. The van der Waals surface area contributed by atoms with Crippen LogP contribution in [0.5, 0.6) is 0 Å². The SMILES string of the molecule is CN(CC(=O)O)C(=O)/C=C/c1cccc(Cl)c1. The quantitative estimate of drug-likeness (QED) is 0.834. The van der Waals surface area contributed by atoms with Crippen LogP contribution in [0.1, 0.15) is 5.56 Å². The van der Waals surface area contributed by atoms with Gasteiger partial charge in [0.2, 0.25) is 5.91 Å². The molecule has 0 bridgehead atoms. The van der Waals surface area contributed by atoms with Crippen LogP contribution in [0.25, 0.3) is 6.08 Å². The summed E-state index contributed by atoms with van der Waals surface area (Å²) in [6, 6.07) is 7.01. The monoisotopic (exact) mass is 253 g/mol. The molecule has 0 aliphatic carbocycles. The van der Waals surface area contributed by atoms with Gasteiger partial charge in [0.15, 0.2) is 0 Å². The van der Waals surface area contributed by atoms with Crippen molar-refractivity contribution < 1.29 is 14.7 Å². The number of hydrogen-bond donors (Lipinski definition) is 1. The highest BCUT2D eigenvalue weighted by Crippen LogP contribution is 2.11. The summed E-state index contributed by atoms with van der Waals surface area (Å²) in [6.45, 7) is -0.321. The number of rotatable bonds is 4. The number of amides is 1. The lowest BCUT2D eigenvalue weighted by molar-refractivity contribution is -0.141. The number of carbonyl (C=O) groups excluding carboxylic acids is 1.